The highest BCUT2D eigenvalue weighted by molar-refractivity contribution is 4.60. The van der Waals surface area contributed by atoms with Gasteiger partial charge in [-0.2, -0.15) is 0 Å². The predicted octanol–water partition coefficient (Wildman–Crippen LogP) is 0.00450. The highest BCUT2D eigenvalue weighted by Gasteiger charge is 2.17. The van der Waals surface area contributed by atoms with E-state index in [2.05, 4.69) is 0 Å². The number of nitrogens with zero attached hydrogens (tertiary/aromatic N) is 1. The Morgan fingerprint density at radius 1 is 1.78 bits per heavy atom. The van der Waals surface area contributed by atoms with Crippen LogP contribution in [0.15, 0.2) is 0 Å². The van der Waals surface area contributed by atoms with Gasteiger partial charge in [0.2, 0.25) is 0 Å². The van der Waals surface area contributed by atoms with Crippen LogP contribution >= 0.6 is 0 Å². The SMILES string of the molecule is CCC(O)N1CCOC1. The van der Waals surface area contributed by atoms with Gasteiger partial charge in [-0.05, 0) is 6.42 Å². The molecule has 0 saturated carbocycles. The van der Waals surface area contributed by atoms with Crippen LogP contribution < -0.4 is 0 Å². The van der Waals surface area contributed by atoms with E-state index < -0.39 is 0 Å². The number of aliphatic hydroxyl groups is 1. The molecule has 3 heteroatoms. The van der Waals surface area contributed by atoms with Crippen LogP contribution in [0.1, 0.15) is 13.3 Å². The molecule has 1 unspecified atom stereocenters. The van der Waals surface area contributed by atoms with Crippen LogP contribution in [-0.2, 0) is 4.74 Å². The zero-order valence-corrected chi connectivity index (χ0v) is 5.71. The summed E-state index contributed by atoms with van der Waals surface area (Å²) in [4.78, 5) is 1.92. The second-order valence-corrected chi connectivity index (χ2v) is 2.24. The summed E-state index contributed by atoms with van der Waals surface area (Å²) in [6.07, 6.45) is 0.482. The van der Waals surface area contributed by atoms with Gasteiger partial charge in [-0.25, -0.2) is 0 Å². The normalized spacial score (nSPS) is 24.7. The molecule has 1 aliphatic heterocycles. The van der Waals surface area contributed by atoms with Crippen molar-refractivity contribution in [1.29, 1.82) is 0 Å². The van der Waals surface area contributed by atoms with Crippen LogP contribution in [0, 0.1) is 0 Å². The van der Waals surface area contributed by atoms with E-state index in [1.165, 1.54) is 0 Å². The van der Waals surface area contributed by atoms with Gasteiger partial charge in [0.05, 0.1) is 6.61 Å². The minimum atomic E-state index is -0.299. The van der Waals surface area contributed by atoms with E-state index in [4.69, 9.17) is 4.74 Å². The van der Waals surface area contributed by atoms with Crippen LogP contribution in [0.4, 0.5) is 0 Å². The van der Waals surface area contributed by atoms with Crippen molar-refractivity contribution in [1.82, 2.24) is 4.90 Å². The van der Waals surface area contributed by atoms with Gasteiger partial charge in [0, 0.05) is 6.54 Å². The molecule has 0 aromatic rings. The van der Waals surface area contributed by atoms with Crippen molar-refractivity contribution < 1.29 is 9.84 Å². The first-order chi connectivity index (χ1) is 4.34. The van der Waals surface area contributed by atoms with E-state index in [0.29, 0.717) is 6.73 Å². The maximum absolute atomic E-state index is 9.20. The Bertz CT molecular complexity index is 81.1. The van der Waals surface area contributed by atoms with Crippen LogP contribution in [0.2, 0.25) is 0 Å². The third kappa shape index (κ3) is 1.64. The molecule has 54 valence electrons. The molecule has 1 rings (SSSR count). The lowest BCUT2D eigenvalue weighted by Crippen LogP contribution is -2.31. The number of aliphatic hydroxyl groups excluding tert-OH is 1. The number of rotatable bonds is 2. The Morgan fingerprint density at radius 3 is 3.00 bits per heavy atom. The monoisotopic (exact) mass is 131 g/mol. The summed E-state index contributed by atoms with van der Waals surface area (Å²) in [6, 6.07) is 0. The minimum Gasteiger partial charge on any atom is -0.378 e. The topological polar surface area (TPSA) is 32.7 Å². The summed E-state index contributed by atoms with van der Waals surface area (Å²) < 4.78 is 5.05. The van der Waals surface area contributed by atoms with Crippen molar-refractivity contribution in [2.45, 2.75) is 19.6 Å². The van der Waals surface area contributed by atoms with E-state index in [1.807, 2.05) is 11.8 Å². The number of hydrogen-bond acceptors (Lipinski definition) is 3. The molecule has 1 heterocycles. The molecule has 0 aliphatic carbocycles. The average molecular weight is 131 g/mol. The van der Waals surface area contributed by atoms with Gasteiger partial charge in [0.15, 0.2) is 0 Å². The molecule has 0 amide bonds. The molecule has 1 N–H and O–H groups in total. The molecule has 0 spiro atoms. The molecular weight excluding hydrogens is 118 g/mol. The van der Waals surface area contributed by atoms with Gasteiger partial charge in [-0.1, -0.05) is 6.92 Å². The largest absolute Gasteiger partial charge is 0.378 e. The molecule has 0 aromatic heterocycles. The summed E-state index contributed by atoms with van der Waals surface area (Å²) in [5.41, 5.74) is 0. The molecule has 1 saturated heterocycles. The van der Waals surface area contributed by atoms with E-state index in [1.54, 1.807) is 0 Å². The van der Waals surface area contributed by atoms with Crippen LogP contribution in [0.3, 0.4) is 0 Å². The molecule has 3 nitrogen and oxygen atoms in total. The highest BCUT2D eigenvalue weighted by Crippen LogP contribution is 2.05. The number of ether oxygens (including phenoxy) is 1. The highest BCUT2D eigenvalue weighted by atomic mass is 16.5. The summed E-state index contributed by atoms with van der Waals surface area (Å²) in [6.45, 7) is 4.18. The first-order valence-electron chi connectivity index (χ1n) is 3.34. The van der Waals surface area contributed by atoms with E-state index in [0.717, 1.165) is 19.6 Å². The van der Waals surface area contributed by atoms with Crippen molar-refractivity contribution in [2.75, 3.05) is 19.9 Å². The maximum Gasteiger partial charge on any atom is 0.108 e. The van der Waals surface area contributed by atoms with Crippen LogP contribution in [0.25, 0.3) is 0 Å². The first kappa shape index (κ1) is 6.99. The molecule has 1 aliphatic rings. The van der Waals surface area contributed by atoms with E-state index >= 15 is 0 Å². The first-order valence-corrected chi connectivity index (χ1v) is 3.34. The van der Waals surface area contributed by atoms with Crippen molar-refractivity contribution in [3.05, 3.63) is 0 Å². The fourth-order valence-electron chi connectivity index (χ4n) is 0.921. The fourth-order valence-corrected chi connectivity index (χ4v) is 0.921. The Morgan fingerprint density at radius 2 is 2.56 bits per heavy atom. The molecule has 9 heavy (non-hydrogen) atoms. The van der Waals surface area contributed by atoms with Gasteiger partial charge < -0.3 is 9.84 Å². The van der Waals surface area contributed by atoms with Gasteiger partial charge in [0.1, 0.15) is 13.0 Å². The summed E-state index contributed by atoms with van der Waals surface area (Å²) in [5, 5.41) is 9.20. The summed E-state index contributed by atoms with van der Waals surface area (Å²) in [7, 11) is 0. The third-order valence-electron chi connectivity index (χ3n) is 1.57. The molecular formula is C6H13NO2. The summed E-state index contributed by atoms with van der Waals surface area (Å²) >= 11 is 0. The smallest absolute Gasteiger partial charge is 0.108 e. The van der Waals surface area contributed by atoms with E-state index in [-0.39, 0.29) is 6.23 Å². The quantitative estimate of drug-likeness (QED) is 0.572. The molecule has 1 atom stereocenters. The van der Waals surface area contributed by atoms with Gasteiger partial charge in [-0.15, -0.1) is 0 Å². The van der Waals surface area contributed by atoms with Crippen molar-refractivity contribution in [2.24, 2.45) is 0 Å². The molecule has 0 bridgehead atoms. The second kappa shape index (κ2) is 3.15. The van der Waals surface area contributed by atoms with Crippen molar-refractivity contribution >= 4 is 0 Å². The van der Waals surface area contributed by atoms with Crippen LogP contribution in [0.5, 0.6) is 0 Å². The lowest BCUT2D eigenvalue weighted by Gasteiger charge is -2.18. The minimum absolute atomic E-state index is 0.299. The Kier molecular flexibility index (Phi) is 2.45. The predicted molar refractivity (Wildman–Crippen MR) is 33.8 cm³/mol. The molecule has 0 aromatic carbocycles. The third-order valence-corrected chi connectivity index (χ3v) is 1.57. The van der Waals surface area contributed by atoms with Gasteiger partial charge in [-0.3, -0.25) is 4.90 Å². The van der Waals surface area contributed by atoms with Crippen molar-refractivity contribution in [3.63, 3.8) is 0 Å². The van der Waals surface area contributed by atoms with Gasteiger partial charge in [0.25, 0.3) is 0 Å². The van der Waals surface area contributed by atoms with Crippen LogP contribution in [-0.4, -0.2) is 36.1 Å². The lowest BCUT2D eigenvalue weighted by atomic mass is 10.4. The average Bonchev–Trinajstić information content (AvgIpc) is 2.37. The standard InChI is InChI=1S/C6H13NO2/c1-2-6(8)7-3-4-9-5-7/h6,8H,2-5H2,1H3. The van der Waals surface area contributed by atoms with E-state index in [9.17, 15) is 5.11 Å². The molecule has 0 radical (unpaired) electrons. The Labute approximate surface area is 55.2 Å². The van der Waals surface area contributed by atoms with Crippen molar-refractivity contribution in [3.8, 4) is 0 Å². The Hall–Kier alpha value is -0.120. The Balaban J connectivity index is 2.24. The zero-order valence-electron chi connectivity index (χ0n) is 5.71. The lowest BCUT2D eigenvalue weighted by molar-refractivity contribution is -0.0103. The van der Waals surface area contributed by atoms with Gasteiger partial charge >= 0.3 is 0 Å². The second-order valence-electron chi connectivity index (χ2n) is 2.24. The maximum atomic E-state index is 9.20. The zero-order chi connectivity index (χ0) is 6.69. The summed E-state index contributed by atoms with van der Waals surface area (Å²) in [5.74, 6) is 0. The number of hydrogen-bond donors (Lipinski definition) is 1. The fraction of sp³-hybridized carbons (Fsp3) is 1.00. The molecule has 1 fully saturated rings.